The van der Waals surface area contributed by atoms with Gasteiger partial charge in [0.15, 0.2) is 0 Å². The van der Waals surface area contributed by atoms with Crippen molar-refractivity contribution in [3.63, 3.8) is 0 Å². The van der Waals surface area contributed by atoms with Crippen LogP contribution in [0.5, 0.6) is 0 Å². The first-order valence-corrected chi connectivity index (χ1v) is 6.60. The molecule has 18 heavy (non-hydrogen) atoms. The van der Waals surface area contributed by atoms with Crippen molar-refractivity contribution in [1.82, 2.24) is 4.90 Å². The molecule has 0 radical (unpaired) electrons. The molecule has 0 saturated carbocycles. The topological polar surface area (TPSA) is 66.8 Å². The van der Waals surface area contributed by atoms with E-state index < -0.39 is 11.4 Å². The van der Waals surface area contributed by atoms with Gasteiger partial charge >= 0.3 is 5.97 Å². The number of ether oxygens (including phenoxy) is 1. The Morgan fingerprint density at radius 3 is 2.61 bits per heavy atom. The van der Waals surface area contributed by atoms with Gasteiger partial charge in [-0.2, -0.15) is 0 Å². The van der Waals surface area contributed by atoms with Crippen molar-refractivity contribution in [2.75, 3.05) is 26.3 Å². The number of carboxylic acid groups (broad SMARTS) is 1. The molecular formula is C13H21NO4. The van der Waals surface area contributed by atoms with Gasteiger partial charge in [0.1, 0.15) is 0 Å². The van der Waals surface area contributed by atoms with Gasteiger partial charge in [-0.15, -0.1) is 0 Å². The number of likely N-dealkylation sites (tertiary alicyclic amines) is 1. The third-order valence-electron chi connectivity index (χ3n) is 4.15. The van der Waals surface area contributed by atoms with Crippen LogP contribution >= 0.6 is 0 Å². The molecule has 2 heterocycles. The zero-order valence-corrected chi connectivity index (χ0v) is 10.9. The van der Waals surface area contributed by atoms with Crippen molar-refractivity contribution in [3.8, 4) is 0 Å². The van der Waals surface area contributed by atoms with Crippen LogP contribution in [0.4, 0.5) is 0 Å². The fourth-order valence-electron chi connectivity index (χ4n) is 2.68. The number of nitrogens with zero attached hydrogens (tertiary/aromatic N) is 1. The number of rotatable bonds is 3. The number of hydrogen-bond donors (Lipinski definition) is 1. The van der Waals surface area contributed by atoms with Crippen LogP contribution < -0.4 is 0 Å². The molecule has 0 aromatic carbocycles. The molecule has 0 spiro atoms. The highest BCUT2D eigenvalue weighted by atomic mass is 16.5. The maximum absolute atomic E-state index is 12.1. The van der Waals surface area contributed by atoms with Gasteiger partial charge < -0.3 is 14.7 Å². The van der Waals surface area contributed by atoms with Gasteiger partial charge in [-0.3, -0.25) is 9.59 Å². The predicted octanol–water partition coefficient (Wildman–Crippen LogP) is 1.13. The van der Waals surface area contributed by atoms with E-state index in [0.717, 1.165) is 26.1 Å². The highest BCUT2D eigenvalue weighted by molar-refractivity contribution is 5.80. The van der Waals surface area contributed by atoms with Crippen LogP contribution in [0, 0.1) is 11.3 Å². The van der Waals surface area contributed by atoms with Crippen molar-refractivity contribution < 1.29 is 19.4 Å². The Morgan fingerprint density at radius 2 is 2.06 bits per heavy atom. The molecule has 1 N–H and O–H groups in total. The molecule has 0 aromatic rings. The van der Waals surface area contributed by atoms with Crippen LogP contribution in [-0.4, -0.2) is 48.2 Å². The summed E-state index contributed by atoms with van der Waals surface area (Å²) in [7, 11) is 0. The first-order valence-electron chi connectivity index (χ1n) is 6.60. The van der Waals surface area contributed by atoms with E-state index in [1.807, 2.05) is 0 Å². The summed E-state index contributed by atoms with van der Waals surface area (Å²) in [5, 5.41) is 9.14. The van der Waals surface area contributed by atoms with Gasteiger partial charge in [0, 0.05) is 32.7 Å². The van der Waals surface area contributed by atoms with Gasteiger partial charge in [-0.25, -0.2) is 0 Å². The van der Waals surface area contributed by atoms with Gasteiger partial charge in [-0.1, -0.05) is 0 Å². The highest BCUT2D eigenvalue weighted by Gasteiger charge is 2.42. The average Bonchev–Trinajstić information content (AvgIpc) is 2.75. The van der Waals surface area contributed by atoms with Gasteiger partial charge in [0.05, 0.1) is 5.41 Å². The fourth-order valence-corrected chi connectivity index (χ4v) is 2.68. The Balaban J connectivity index is 1.85. The summed E-state index contributed by atoms with van der Waals surface area (Å²) in [5.74, 6) is -0.293. The molecule has 2 rings (SSSR count). The third kappa shape index (κ3) is 2.83. The van der Waals surface area contributed by atoms with E-state index in [0.29, 0.717) is 31.8 Å². The smallest absolute Gasteiger partial charge is 0.311 e. The Morgan fingerprint density at radius 1 is 1.39 bits per heavy atom. The summed E-state index contributed by atoms with van der Waals surface area (Å²) in [6.07, 6.45) is 2.98. The molecule has 0 bridgehead atoms. The second kappa shape index (κ2) is 5.26. The Kier molecular flexibility index (Phi) is 3.90. The van der Waals surface area contributed by atoms with E-state index in [-0.39, 0.29) is 5.91 Å². The van der Waals surface area contributed by atoms with Crippen LogP contribution in [0.3, 0.4) is 0 Å². The number of amides is 1. The second-order valence-electron chi connectivity index (χ2n) is 5.69. The minimum absolute atomic E-state index is 0.104. The van der Waals surface area contributed by atoms with E-state index in [9.17, 15) is 9.59 Å². The van der Waals surface area contributed by atoms with Crippen molar-refractivity contribution in [2.24, 2.45) is 11.3 Å². The Bertz CT molecular complexity index is 338. The average molecular weight is 255 g/mol. The van der Waals surface area contributed by atoms with Crippen LogP contribution in [-0.2, 0) is 14.3 Å². The quantitative estimate of drug-likeness (QED) is 0.821. The fraction of sp³-hybridized carbons (Fsp3) is 0.846. The zero-order valence-electron chi connectivity index (χ0n) is 10.9. The molecule has 2 aliphatic rings. The Hall–Kier alpha value is -1.10. The maximum Gasteiger partial charge on any atom is 0.311 e. The molecule has 0 aliphatic carbocycles. The van der Waals surface area contributed by atoms with Crippen molar-refractivity contribution in [1.29, 1.82) is 0 Å². The minimum atomic E-state index is -0.802. The molecule has 5 heteroatoms. The molecule has 1 amide bonds. The minimum Gasteiger partial charge on any atom is -0.481 e. The van der Waals surface area contributed by atoms with Crippen molar-refractivity contribution in [3.05, 3.63) is 0 Å². The lowest BCUT2D eigenvalue weighted by Crippen LogP contribution is -2.36. The summed E-state index contributed by atoms with van der Waals surface area (Å²) < 4.78 is 5.27. The summed E-state index contributed by atoms with van der Waals surface area (Å²) in [6.45, 7) is 4.13. The van der Waals surface area contributed by atoms with Crippen molar-refractivity contribution in [2.45, 2.75) is 32.6 Å². The third-order valence-corrected chi connectivity index (χ3v) is 4.15. The highest BCUT2D eigenvalue weighted by Crippen LogP contribution is 2.31. The summed E-state index contributed by atoms with van der Waals surface area (Å²) in [5.41, 5.74) is -0.759. The van der Waals surface area contributed by atoms with E-state index >= 15 is 0 Å². The van der Waals surface area contributed by atoms with Crippen LogP contribution in [0.1, 0.15) is 32.6 Å². The summed E-state index contributed by atoms with van der Waals surface area (Å²) >= 11 is 0. The van der Waals surface area contributed by atoms with E-state index in [1.54, 1.807) is 11.8 Å². The largest absolute Gasteiger partial charge is 0.481 e. The van der Waals surface area contributed by atoms with Gasteiger partial charge in [-0.05, 0) is 32.1 Å². The lowest BCUT2D eigenvalue weighted by atomic mass is 9.90. The number of hydrogen-bond acceptors (Lipinski definition) is 3. The zero-order chi connectivity index (χ0) is 13.2. The first kappa shape index (κ1) is 13.3. The van der Waals surface area contributed by atoms with E-state index in [4.69, 9.17) is 9.84 Å². The standard InChI is InChI=1S/C13H21NO4/c1-13(12(16)17)4-5-14(9-13)11(15)8-10-2-6-18-7-3-10/h10H,2-9H2,1H3,(H,16,17)/t13-/m0/s1. The molecule has 2 saturated heterocycles. The lowest BCUT2D eigenvalue weighted by Gasteiger charge is -2.25. The SMILES string of the molecule is C[C@]1(C(=O)O)CCN(C(=O)CC2CCOCC2)C1. The van der Waals surface area contributed by atoms with Gasteiger partial charge in [0.25, 0.3) is 0 Å². The molecule has 102 valence electrons. The summed E-state index contributed by atoms with van der Waals surface area (Å²) in [6, 6.07) is 0. The molecule has 1 atom stereocenters. The van der Waals surface area contributed by atoms with Crippen LogP contribution in [0.15, 0.2) is 0 Å². The van der Waals surface area contributed by atoms with E-state index in [2.05, 4.69) is 0 Å². The molecule has 0 aromatic heterocycles. The molecule has 0 unspecified atom stereocenters. The normalized spacial score (nSPS) is 29.5. The summed E-state index contributed by atoms with van der Waals surface area (Å²) in [4.78, 5) is 25.0. The van der Waals surface area contributed by atoms with Crippen molar-refractivity contribution >= 4 is 11.9 Å². The molecule has 2 fully saturated rings. The van der Waals surface area contributed by atoms with Crippen LogP contribution in [0.25, 0.3) is 0 Å². The lowest BCUT2D eigenvalue weighted by molar-refractivity contribution is -0.147. The Labute approximate surface area is 107 Å². The predicted molar refractivity (Wildman–Crippen MR) is 65.1 cm³/mol. The number of carbonyl (C=O) groups is 2. The first-order chi connectivity index (χ1) is 8.51. The number of aliphatic carboxylic acids is 1. The number of carbonyl (C=O) groups excluding carboxylic acids is 1. The maximum atomic E-state index is 12.1. The van der Waals surface area contributed by atoms with E-state index in [1.165, 1.54) is 0 Å². The molecule has 2 aliphatic heterocycles. The monoisotopic (exact) mass is 255 g/mol. The van der Waals surface area contributed by atoms with Gasteiger partial charge in [0.2, 0.25) is 5.91 Å². The van der Waals surface area contributed by atoms with Crippen LogP contribution in [0.2, 0.25) is 0 Å². The second-order valence-corrected chi connectivity index (χ2v) is 5.69. The molecular weight excluding hydrogens is 234 g/mol. The molecule has 5 nitrogen and oxygen atoms in total. The number of carboxylic acids is 1.